The van der Waals surface area contributed by atoms with Gasteiger partial charge in [0.05, 0.1) is 6.20 Å². The molecule has 1 aliphatic heterocycles. The summed E-state index contributed by atoms with van der Waals surface area (Å²) in [5, 5.41) is 25.8. The Kier molecular flexibility index (Phi) is 10.5. The van der Waals surface area contributed by atoms with Crippen molar-refractivity contribution in [2.75, 3.05) is 41.3 Å². The topological polar surface area (TPSA) is 169 Å². The molecule has 13 heteroatoms. The van der Waals surface area contributed by atoms with E-state index in [2.05, 4.69) is 46.5 Å². The second-order valence-electron chi connectivity index (χ2n) is 11.9. The molecule has 0 radical (unpaired) electrons. The highest BCUT2D eigenvalue weighted by Gasteiger charge is 2.32. The van der Waals surface area contributed by atoms with Crippen molar-refractivity contribution < 1.29 is 9.90 Å². The minimum Gasteiger partial charge on any atom is -0.388 e. The van der Waals surface area contributed by atoms with Gasteiger partial charge in [-0.1, -0.05) is 30.3 Å². The molecule has 4 aromatic rings. The minimum absolute atomic E-state index is 0.0133. The van der Waals surface area contributed by atoms with Crippen LogP contribution in [0.4, 0.5) is 17.7 Å². The summed E-state index contributed by atoms with van der Waals surface area (Å²) in [7, 11) is 0. The fourth-order valence-corrected chi connectivity index (χ4v) is 6.16. The number of rotatable bonds is 10. The number of aliphatic hydroxyl groups is 1. The number of hydrogen-bond acceptors (Lipinski definition) is 12. The van der Waals surface area contributed by atoms with Gasteiger partial charge >= 0.3 is 0 Å². The van der Waals surface area contributed by atoms with Gasteiger partial charge in [-0.25, -0.2) is 24.9 Å². The number of aryl methyl sites for hydroxylation is 1. The van der Waals surface area contributed by atoms with Crippen molar-refractivity contribution in [2.45, 2.75) is 63.6 Å². The van der Waals surface area contributed by atoms with Gasteiger partial charge in [0.25, 0.3) is 0 Å². The summed E-state index contributed by atoms with van der Waals surface area (Å²) in [6.07, 6.45) is 13.3. The molecule has 0 atom stereocenters. The zero-order valence-electron chi connectivity index (χ0n) is 26.3. The standard InChI is InChI=1S/C34H39N11O2/c35-17-25-18-39-33(43-32(25)44-15-4-13-36-14-16-44)42-28-8-10-29(11-9-28)45(31(47)12-7-24-5-2-1-3-6-24)34-40-21-27(22-41-34)26-19-37-30(23-46)38-20-26/h1-3,5-6,18-22,28-29,36,46H,4,7-16,23H2,(H,39,42,43). The number of aromatic nitrogens is 6. The number of hydrogen-bond donors (Lipinski definition) is 3. The molecule has 0 spiro atoms. The van der Waals surface area contributed by atoms with Gasteiger partial charge in [-0.15, -0.1) is 0 Å². The lowest BCUT2D eigenvalue weighted by molar-refractivity contribution is -0.119. The van der Waals surface area contributed by atoms with Gasteiger partial charge < -0.3 is 20.6 Å². The molecule has 6 rings (SSSR count). The first kappa shape index (κ1) is 31.9. The summed E-state index contributed by atoms with van der Waals surface area (Å²) in [6.45, 7) is 3.20. The van der Waals surface area contributed by atoms with Crippen LogP contribution in [0.15, 0.2) is 61.3 Å². The summed E-state index contributed by atoms with van der Waals surface area (Å²) in [4.78, 5) is 44.5. The Bertz CT molecular complexity index is 1650. The van der Waals surface area contributed by atoms with E-state index in [0.717, 1.165) is 75.0 Å². The van der Waals surface area contributed by atoms with Crippen LogP contribution in [0.5, 0.6) is 0 Å². The molecule has 242 valence electrons. The molecule has 1 amide bonds. The smallest absolute Gasteiger partial charge is 0.232 e. The third kappa shape index (κ3) is 8.03. The molecule has 3 N–H and O–H groups in total. The zero-order valence-corrected chi connectivity index (χ0v) is 26.3. The molecule has 4 heterocycles. The molecule has 1 aromatic carbocycles. The average molecular weight is 634 g/mol. The lowest BCUT2D eigenvalue weighted by atomic mass is 9.90. The number of aliphatic hydroxyl groups excluding tert-OH is 1. The molecule has 0 unspecified atom stereocenters. The Labute approximate surface area is 274 Å². The van der Waals surface area contributed by atoms with Crippen molar-refractivity contribution >= 4 is 23.6 Å². The average Bonchev–Trinajstić information content (AvgIpc) is 3.42. The molecule has 2 aliphatic rings. The van der Waals surface area contributed by atoms with Crippen molar-refractivity contribution in [1.29, 1.82) is 5.26 Å². The molecule has 47 heavy (non-hydrogen) atoms. The van der Waals surface area contributed by atoms with Crippen LogP contribution in [0.1, 0.15) is 55.5 Å². The molecule has 1 saturated carbocycles. The van der Waals surface area contributed by atoms with E-state index in [1.165, 1.54) is 0 Å². The van der Waals surface area contributed by atoms with E-state index in [1.54, 1.807) is 35.9 Å². The van der Waals surface area contributed by atoms with Crippen LogP contribution in [0, 0.1) is 11.3 Å². The highest BCUT2D eigenvalue weighted by molar-refractivity contribution is 5.92. The lowest BCUT2D eigenvalue weighted by Gasteiger charge is -2.36. The van der Waals surface area contributed by atoms with Crippen LogP contribution < -0.4 is 20.4 Å². The highest BCUT2D eigenvalue weighted by Crippen LogP contribution is 2.29. The van der Waals surface area contributed by atoms with E-state index < -0.39 is 0 Å². The zero-order chi connectivity index (χ0) is 32.4. The van der Waals surface area contributed by atoms with Gasteiger partial charge in [-0.2, -0.15) is 10.2 Å². The number of carbonyl (C=O) groups is 1. The quantitative estimate of drug-likeness (QED) is 0.233. The Balaban J connectivity index is 1.15. The number of anilines is 3. The van der Waals surface area contributed by atoms with Gasteiger partial charge in [0.2, 0.25) is 17.8 Å². The first-order valence-corrected chi connectivity index (χ1v) is 16.2. The van der Waals surface area contributed by atoms with Gasteiger partial charge in [-0.05, 0) is 50.6 Å². The molecule has 0 bridgehead atoms. The van der Waals surface area contributed by atoms with E-state index in [1.807, 2.05) is 30.3 Å². The predicted molar refractivity (Wildman–Crippen MR) is 177 cm³/mol. The van der Waals surface area contributed by atoms with E-state index in [9.17, 15) is 15.2 Å². The van der Waals surface area contributed by atoms with E-state index in [4.69, 9.17) is 4.98 Å². The van der Waals surface area contributed by atoms with Crippen LogP contribution >= 0.6 is 0 Å². The summed E-state index contributed by atoms with van der Waals surface area (Å²) < 4.78 is 0. The molecular weight excluding hydrogens is 594 g/mol. The number of benzene rings is 1. The van der Waals surface area contributed by atoms with Crippen molar-refractivity contribution in [1.82, 2.24) is 35.2 Å². The third-order valence-corrected chi connectivity index (χ3v) is 8.70. The predicted octanol–water partition coefficient (Wildman–Crippen LogP) is 3.28. The van der Waals surface area contributed by atoms with Crippen molar-refractivity contribution in [3.63, 3.8) is 0 Å². The van der Waals surface area contributed by atoms with Crippen molar-refractivity contribution in [2.24, 2.45) is 0 Å². The van der Waals surface area contributed by atoms with Gasteiger partial charge in [0.15, 0.2) is 11.6 Å². The SMILES string of the molecule is N#Cc1cnc(NC2CCC(N(C(=O)CCc3ccccc3)c3ncc(-c4cnc(CO)nc4)cn3)CC2)nc1N1CCCNCC1. The summed E-state index contributed by atoms with van der Waals surface area (Å²) >= 11 is 0. The second-order valence-corrected chi connectivity index (χ2v) is 11.9. The molecular formula is C34H39N11O2. The largest absolute Gasteiger partial charge is 0.388 e. The van der Waals surface area contributed by atoms with Gasteiger partial charge in [-0.3, -0.25) is 9.69 Å². The van der Waals surface area contributed by atoms with Crippen LogP contribution in [0.25, 0.3) is 11.1 Å². The normalized spacial score (nSPS) is 18.2. The molecule has 1 aliphatic carbocycles. The Hall–Kier alpha value is -5.06. The molecule has 2 fully saturated rings. The molecule has 13 nitrogen and oxygen atoms in total. The lowest BCUT2D eigenvalue weighted by Crippen LogP contribution is -2.45. The van der Waals surface area contributed by atoms with E-state index in [-0.39, 0.29) is 24.6 Å². The van der Waals surface area contributed by atoms with Gasteiger partial charge in [0.1, 0.15) is 18.2 Å². The minimum atomic E-state index is -0.231. The first-order valence-electron chi connectivity index (χ1n) is 16.2. The fraction of sp³-hybridized carbons (Fsp3) is 0.412. The third-order valence-electron chi connectivity index (χ3n) is 8.70. The number of amides is 1. The van der Waals surface area contributed by atoms with Crippen molar-refractivity contribution in [3.05, 3.63) is 78.3 Å². The summed E-state index contributed by atoms with van der Waals surface area (Å²) in [6, 6.07) is 12.3. The Morgan fingerprint density at radius 3 is 2.38 bits per heavy atom. The monoisotopic (exact) mass is 633 g/mol. The van der Waals surface area contributed by atoms with Crippen LogP contribution in [-0.4, -0.2) is 79.2 Å². The summed E-state index contributed by atoms with van der Waals surface area (Å²) in [5.74, 6) is 1.90. The maximum absolute atomic E-state index is 13.8. The number of carbonyl (C=O) groups excluding carboxylic acids is 1. The summed E-state index contributed by atoms with van der Waals surface area (Å²) in [5.41, 5.74) is 3.03. The molecule has 3 aromatic heterocycles. The van der Waals surface area contributed by atoms with Crippen LogP contribution in [0.3, 0.4) is 0 Å². The van der Waals surface area contributed by atoms with Crippen LogP contribution in [-0.2, 0) is 17.8 Å². The first-order chi connectivity index (χ1) is 23.1. The number of nitriles is 1. The maximum Gasteiger partial charge on any atom is 0.232 e. The van der Waals surface area contributed by atoms with E-state index >= 15 is 0 Å². The number of nitrogens with one attached hydrogen (secondary N) is 2. The Morgan fingerprint density at radius 2 is 1.68 bits per heavy atom. The second kappa shape index (κ2) is 15.5. The van der Waals surface area contributed by atoms with Gasteiger partial charge in [0, 0.05) is 74.1 Å². The van der Waals surface area contributed by atoms with Crippen molar-refractivity contribution in [3.8, 4) is 17.2 Å². The maximum atomic E-state index is 13.8. The van der Waals surface area contributed by atoms with Crippen LogP contribution in [0.2, 0.25) is 0 Å². The fourth-order valence-electron chi connectivity index (χ4n) is 6.16. The highest BCUT2D eigenvalue weighted by atomic mass is 16.3. The van der Waals surface area contributed by atoms with E-state index in [0.29, 0.717) is 41.9 Å². The number of nitrogens with zero attached hydrogens (tertiary/aromatic N) is 9. The Morgan fingerprint density at radius 1 is 0.957 bits per heavy atom. The molecule has 1 saturated heterocycles.